The lowest BCUT2D eigenvalue weighted by molar-refractivity contribution is 0.157. The number of halogens is 2. The molecule has 0 aliphatic carbocycles. The van der Waals surface area contributed by atoms with E-state index in [1.165, 1.54) is 6.07 Å². The number of rotatable bonds is 6. The Morgan fingerprint density at radius 1 is 1.47 bits per heavy atom. The van der Waals surface area contributed by atoms with Crippen LogP contribution in [-0.4, -0.2) is 17.8 Å². The van der Waals surface area contributed by atoms with Crippen LogP contribution < -0.4 is 5.32 Å². The molecule has 0 saturated carbocycles. The maximum Gasteiger partial charge on any atom is 0.142 e. The number of aliphatic hydroxyl groups is 1. The average molecular weight is 260 g/mol. The first-order valence-electron chi connectivity index (χ1n) is 5.91. The van der Waals surface area contributed by atoms with Gasteiger partial charge in [0, 0.05) is 12.6 Å². The second kappa shape index (κ2) is 6.94. The molecule has 0 radical (unpaired) electrons. The summed E-state index contributed by atoms with van der Waals surface area (Å²) in [6, 6.07) is 4.75. The lowest BCUT2D eigenvalue weighted by Gasteiger charge is -2.17. The predicted molar refractivity (Wildman–Crippen MR) is 68.7 cm³/mol. The van der Waals surface area contributed by atoms with Crippen LogP contribution in [-0.2, 0) is 0 Å². The van der Waals surface area contributed by atoms with E-state index in [0.717, 1.165) is 18.4 Å². The first-order chi connectivity index (χ1) is 8.04. The number of benzene rings is 1. The summed E-state index contributed by atoms with van der Waals surface area (Å²) in [7, 11) is 0. The number of aliphatic hydroxyl groups excluding tert-OH is 1. The van der Waals surface area contributed by atoms with Crippen molar-refractivity contribution in [3.63, 3.8) is 0 Å². The van der Waals surface area contributed by atoms with E-state index in [4.69, 9.17) is 11.6 Å². The number of nitrogens with one attached hydrogen (secondary N) is 1. The van der Waals surface area contributed by atoms with Crippen molar-refractivity contribution in [1.82, 2.24) is 5.32 Å². The van der Waals surface area contributed by atoms with Gasteiger partial charge in [-0.25, -0.2) is 4.39 Å². The topological polar surface area (TPSA) is 32.3 Å². The van der Waals surface area contributed by atoms with Crippen molar-refractivity contribution in [3.8, 4) is 0 Å². The van der Waals surface area contributed by atoms with Gasteiger partial charge in [0.2, 0.25) is 0 Å². The van der Waals surface area contributed by atoms with E-state index in [2.05, 4.69) is 5.32 Å². The summed E-state index contributed by atoms with van der Waals surface area (Å²) >= 11 is 5.62. The molecular weight excluding hydrogens is 241 g/mol. The van der Waals surface area contributed by atoms with Crippen LogP contribution in [0.2, 0.25) is 5.02 Å². The van der Waals surface area contributed by atoms with Crippen molar-refractivity contribution in [2.75, 3.05) is 6.54 Å². The van der Waals surface area contributed by atoms with Gasteiger partial charge in [0.05, 0.1) is 11.1 Å². The monoisotopic (exact) mass is 259 g/mol. The summed E-state index contributed by atoms with van der Waals surface area (Å²) in [4.78, 5) is 0. The van der Waals surface area contributed by atoms with E-state index in [0.29, 0.717) is 6.54 Å². The lowest BCUT2D eigenvalue weighted by atomic mass is 10.1. The van der Waals surface area contributed by atoms with Crippen LogP contribution in [0.1, 0.15) is 38.3 Å². The quantitative estimate of drug-likeness (QED) is 0.822. The van der Waals surface area contributed by atoms with Crippen molar-refractivity contribution in [3.05, 3.63) is 34.6 Å². The Balaban J connectivity index is 2.52. The third-order valence-corrected chi connectivity index (χ3v) is 3.03. The highest BCUT2D eigenvalue weighted by molar-refractivity contribution is 6.30. The van der Waals surface area contributed by atoms with Crippen LogP contribution in [0.25, 0.3) is 0 Å². The van der Waals surface area contributed by atoms with Crippen LogP contribution in [0, 0.1) is 5.82 Å². The van der Waals surface area contributed by atoms with Crippen LogP contribution in [0.3, 0.4) is 0 Å². The molecule has 2 unspecified atom stereocenters. The van der Waals surface area contributed by atoms with Crippen molar-refractivity contribution in [2.45, 2.75) is 38.8 Å². The molecule has 0 saturated heterocycles. The Morgan fingerprint density at radius 2 is 2.18 bits per heavy atom. The molecule has 1 aromatic rings. The normalized spacial score (nSPS) is 14.6. The second-order valence-electron chi connectivity index (χ2n) is 4.25. The third-order valence-electron chi connectivity index (χ3n) is 2.73. The van der Waals surface area contributed by atoms with Crippen molar-refractivity contribution in [1.29, 1.82) is 0 Å². The van der Waals surface area contributed by atoms with Gasteiger partial charge in [-0.3, -0.25) is 0 Å². The minimum Gasteiger partial charge on any atom is -0.392 e. The fourth-order valence-electron chi connectivity index (χ4n) is 1.65. The molecule has 0 spiro atoms. The minimum absolute atomic E-state index is 0.00623. The fourth-order valence-corrected chi connectivity index (χ4v) is 1.77. The molecule has 2 atom stereocenters. The smallest absolute Gasteiger partial charge is 0.142 e. The Bertz CT molecular complexity index is 359. The predicted octanol–water partition coefficient (Wildman–Crippen LogP) is 3.29. The highest BCUT2D eigenvalue weighted by atomic mass is 35.5. The van der Waals surface area contributed by atoms with E-state index in [-0.39, 0.29) is 17.2 Å². The third kappa shape index (κ3) is 4.62. The molecule has 0 aliphatic rings. The van der Waals surface area contributed by atoms with Crippen molar-refractivity contribution >= 4 is 11.6 Å². The molecule has 1 aromatic carbocycles. The zero-order valence-electron chi connectivity index (χ0n) is 10.2. The molecule has 1 rings (SSSR count). The fraction of sp³-hybridized carbons (Fsp3) is 0.538. The molecule has 0 aromatic heterocycles. The summed E-state index contributed by atoms with van der Waals surface area (Å²) in [6.07, 6.45) is 1.38. The Labute approximate surface area is 107 Å². The van der Waals surface area contributed by atoms with Gasteiger partial charge in [0.15, 0.2) is 0 Å². The van der Waals surface area contributed by atoms with E-state index >= 15 is 0 Å². The van der Waals surface area contributed by atoms with Crippen LogP contribution in [0.15, 0.2) is 18.2 Å². The number of hydrogen-bond donors (Lipinski definition) is 2. The summed E-state index contributed by atoms with van der Waals surface area (Å²) in [5.74, 6) is -0.410. The molecule has 0 amide bonds. The highest BCUT2D eigenvalue weighted by Crippen LogP contribution is 2.20. The lowest BCUT2D eigenvalue weighted by Crippen LogP contribution is -2.29. The summed E-state index contributed by atoms with van der Waals surface area (Å²) in [5.41, 5.74) is 0.829. The van der Waals surface area contributed by atoms with Crippen LogP contribution in [0.4, 0.5) is 4.39 Å². The van der Waals surface area contributed by atoms with Crippen molar-refractivity contribution < 1.29 is 9.50 Å². The minimum atomic E-state index is -0.410. The molecule has 4 heteroatoms. The highest BCUT2D eigenvalue weighted by Gasteiger charge is 2.10. The summed E-state index contributed by atoms with van der Waals surface area (Å²) in [6.45, 7) is 4.47. The SMILES string of the molecule is CCCC(O)CNC(C)c1ccc(Cl)c(F)c1. The van der Waals surface area contributed by atoms with Gasteiger partial charge in [-0.2, -0.15) is 0 Å². The summed E-state index contributed by atoms with van der Waals surface area (Å²) < 4.78 is 13.3. The Hall–Kier alpha value is -0.640. The van der Waals surface area contributed by atoms with E-state index in [1.54, 1.807) is 12.1 Å². The average Bonchev–Trinajstić information content (AvgIpc) is 2.30. The van der Waals surface area contributed by atoms with Gasteiger partial charge in [0.1, 0.15) is 5.82 Å². The zero-order valence-corrected chi connectivity index (χ0v) is 11.0. The zero-order chi connectivity index (χ0) is 12.8. The van der Waals surface area contributed by atoms with Crippen molar-refractivity contribution in [2.24, 2.45) is 0 Å². The summed E-state index contributed by atoms with van der Waals surface area (Å²) in [5, 5.41) is 12.9. The first kappa shape index (κ1) is 14.4. The maximum absolute atomic E-state index is 13.3. The van der Waals surface area contributed by atoms with Crippen LogP contribution in [0.5, 0.6) is 0 Å². The van der Waals surface area contributed by atoms with E-state index in [1.807, 2.05) is 13.8 Å². The number of hydrogen-bond acceptors (Lipinski definition) is 2. The standard InChI is InChI=1S/C13H19ClFNO/c1-3-4-11(17)8-16-9(2)10-5-6-12(14)13(15)7-10/h5-7,9,11,16-17H,3-4,8H2,1-2H3. The van der Waals surface area contributed by atoms with Gasteiger partial charge >= 0.3 is 0 Å². The van der Waals surface area contributed by atoms with Gasteiger partial charge in [-0.15, -0.1) is 0 Å². The van der Waals surface area contributed by atoms with Gasteiger partial charge in [-0.1, -0.05) is 31.0 Å². The van der Waals surface area contributed by atoms with Gasteiger partial charge < -0.3 is 10.4 Å². The van der Waals surface area contributed by atoms with E-state index in [9.17, 15) is 9.50 Å². The Kier molecular flexibility index (Phi) is 5.89. The molecular formula is C13H19ClFNO. The molecule has 17 heavy (non-hydrogen) atoms. The molecule has 0 aliphatic heterocycles. The van der Waals surface area contributed by atoms with Gasteiger partial charge in [-0.05, 0) is 31.0 Å². The molecule has 0 heterocycles. The van der Waals surface area contributed by atoms with E-state index < -0.39 is 5.82 Å². The molecule has 0 fully saturated rings. The molecule has 0 bridgehead atoms. The second-order valence-corrected chi connectivity index (χ2v) is 4.65. The molecule has 96 valence electrons. The molecule has 2 N–H and O–H groups in total. The first-order valence-corrected chi connectivity index (χ1v) is 6.28. The Morgan fingerprint density at radius 3 is 2.76 bits per heavy atom. The van der Waals surface area contributed by atoms with Crippen LogP contribution >= 0.6 is 11.6 Å². The van der Waals surface area contributed by atoms with Gasteiger partial charge in [0.25, 0.3) is 0 Å². The largest absolute Gasteiger partial charge is 0.392 e. The molecule has 2 nitrogen and oxygen atoms in total. The maximum atomic E-state index is 13.3.